The summed E-state index contributed by atoms with van der Waals surface area (Å²) in [6, 6.07) is 1.87. The van der Waals surface area contributed by atoms with Crippen LogP contribution < -0.4 is 5.73 Å². The van der Waals surface area contributed by atoms with Crippen molar-refractivity contribution in [2.45, 2.75) is 37.9 Å². The molecule has 0 aromatic heterocycles. The molecule has 2 N–H and O–H groups in total. The highest BCUT2D eigenvalue weighted by molar-refractivity contribution is 5.00. The molecule has 0 fully saturated rings. The summed E-state index contributed by atoms with van der Waals surface area (Å²) < 4.78 is 40.0. The summed E-state index contributed by atoms with van der Waals surface area (Å²) in [4.78, 5) is 0. The fraction of sp³-hybridized carbons (Fsp3) is 0.889. The van der Waals surface area contributed by atoms with Crippen molar-refractivity contribution in [2.75, 3.05) is 13.2 Å². The molecule has 6 heteroatoms. The molecule has 0 amide bonds. The van der Waals surface area contributed by atoms with Crippen LogP contribution in [0.25, 0.3) is 0 Å². The first-order valence-corrected chi connectivity index (χ1v) is 4.61. The van der Waals surface area contributed by atoms with Crippen molar-refractivity contribution in [3.63, 3.8) is 0 Å². The van der Waals surface area contributed by atoms with Crippen LogP contribution in [-0.4, -0.2) is 24.9 Å². The minimum Gasteiger partial charge on any atom is -0.381 e. The van der Waals surface area contributed by atoms with Crippen molar-refractivity contribution in [3.05, 3.63) is 0 Å². The third-order valence-electron chi connectivity index (χ3n) is 1.77. The van der Waals surface area contributed by atoms with Crippen LogP contribution in [0.15, 0.2) is 0 Å². The Labute approximate surface area is 87.0 Å². The molecule has 1 unspecified atom stereocenters. The number of ether oxygens (including phenoxy) is 1. The second kappa shape index (κ2) is 5.93. The zero-order valence-electron chi connectivity index (χ0n) is 8.60. The molecule has 1 atom stereocenters. The van der Waals surface area contributed by atoms with Gasteiger partial charge in [-0.05, 0) is 13.3 Å². The van der Waals surface area contributed by atoms with Crippen molar-refractivity contribution >= 4 is 0 Å². The number of nitrogens with two attached hydrogens (primary N) is 1. The van der Waals surface area contributed by atoms with Gasteiger partial charge < -0.3 is 10.5 Å². The molecule has 3 nitrogen and oxygen atoms in total. The molecule has 0 spiro atoms. The van der Waals surface area contributed by atoms with Crippen LogP contribution in [0.2, 0.25) is 0 Å². The van der Waals surface area contributed by atoms with Gasteiger partial charge in [-0.25, -0.2) is 0 Å². The van der Waals surface area contributed by atoms with Crippen LogP contribution in [0.1, 0.15) is 26.2 Å². The average molecular weight is 224 g/mol. The molecule has 0 heterocycles. The summed E-state index contributed by atoms with van der Waals surface area (Å²) in [7, 11) is 0. The van der Waals surface area contributed by atoms with E-state index in [9.17, 15) is 13.2 Å². The molecule has 15 heavy (non-hydrogen) atoms. The Kier molecular flexibility index (Phi) is 5.61. The van der Waals surface area contributed by atoms with Crippen LogP contribution in [0.5, 0.6) is 0 Å². The topological polar surface area (TPSA) is 59.0 Å². The summed E-state index contributed by atoms with van der Waals surface area (Å²) in [5, 5.41) is 8.52. The highest BCUT2D eigenvalue weighted by Crippen LogP contribution is 2.21. The standard InChI is InChI=1S/C9H15F3N2O/c1-8(14,7-13)4-6-15-5-2-3-9(10,11)12/h2-6,14H2,1H3. The normalized spacial score (nSPS) is 15.7. The summed E-state index contributed by atoms with van der Waals surface area (Å²) >= 11 is 0. The number of rotatable bonds is 6. The second-order valence-corrected chi connectivity index (χ2v) is 3.61. The Morgan fingerprint density at radius 1 is 1.27 bits per heavy atom. The number of alkyl halides is 3. The summed E-state index contributed by atoms with van der Waals surface area (Å²) in [6.45, 7) is 1.80. The minimum absolute atomic E-state index is 0.0427. The van der Waals surface area contributed by atoms with Crippen molar-refractivity contribution in [2.24, 2.45) is 5.73 Å². The summed E-state index contributed by atoms with van der Waals surface area (Å²) in [5.41, 5.74) is 4.51. The maximum Gasteiger partial charge on any atom is 0.389 e. The predicted octanol–water partition coefficient (Wildman–Crippen LogP) is 1.98. The fourth-order valence-corrected chi connectivity index (χ4v) is 0.817. The number of nitrogens with zero attached hydrogens (tertiary/aromatic N) is 1. The molecule has 0 saturated carbocycles. The third kappa shape index (κ3) is 9.50. The van der Waals surface area contributed by atoms with Gasteiger partial charge in [-0.1, -0.05) is 0 Å². The van der Waals surface area contributed by atoms with E-state index in [0.29, 0.717) is 6.42 Å². The molecule has 0 rings (SSSR count). The number of nitriles is 1. The Bertz CT molecular complexity index is 220. The summed E-state index contributed by atoms with van der Waals surface area (Å²) in [5.74, 6) is 0. The van der Waals surface area contributed by atoms with Crippen LogP contribution in [0, 0.1) is 11.3 Å². The minimum atomic E-state index is -4.13. The van der Waals surface area contributed by atoms with Gasteiger partial charge in [-0.3, -0.25) is 0 Å². The fourth-order valence-electron chi connectivity index (χ4n) is 0.817. The molecule has 0 aromatic carbocycles. The van der Waals surface area contributed by atoms with Crippen LogP contribution in [-0.2, 0) is 4.74 Å². The zero-order valence-corrected chi connectivity index (χ0v) is 8.60. The molecule has 0 saturated heterocycles. The van der Waals surface area contributed by atoms with Crippen LogP contribution in [0.3, 0.4) is 0 Å². The summed E-state index contributed by atoms with van der Waals surface area (Å²) in [6.07, 6.45) is -4.71. The van der Waals surface area contributed by atoms with E-state index >= 15 is 0 Å². The molecule has 0 aliphatic rings. The van der Waals surface area contributed by atoms with Crippen molar-refractivity contribution in [3.8, 4) is 6.07 Å². The molecule has 0 radical (unpaired) electrons. The maximum atomic E-state index is 11.7. The lowest BCUT2D eigenvalue weighted by Crippen LogP contribution is -2.35. The highest BCUT2D eigenvalue weighted by Gasteiger charge is 2.26. The highest BCUT2D eigenvalue weighted by atomic mass is 19.4. The Morgan fingerprint density at radius 2 is 1.87 bits per heavy atom. The molecule has 0 aliphatic carbocycles. The largest absolute Gasteiger partial charge is 0.389 e. The van der Waals surface area contributed by atoms with Gasteiger partial charge in [-0.15, -0.1) is 0 Å². The van der Waals surface area contributed by atoms with Crippen molar-refractivity contribution < 1.29 is 17.9 Å². The maximum absolute atomic E-state index is 11.7. The molecule has 88 valence electrons. The van der Waals surface area contributed by atoms with E-state index in [4.69, 9.17) is 15.7 Å². The molecular formula is C9H15F3N2O. The van der Waals surface area contributed by atoms with E-state index in [0.717, 1.165) is 0 Å². The average Bonchev–Trinajstić information content (AvgIpc) is 2.09. The Hall–Kier alpha value is -0.800. The predicted molar refractivity (Wildman–Crippen MR) is 48.9 cm³/mol. The monoisotopic (exact) mass is 224 g/mol. The van der Waals surface area contributed by atoms with Gasteiger partial charge in [0.15, 0.2) is 0 Å². The molecular weight excluding hydrogens is 209 g/mol. The van der Waals surface area contributed by atoms with Gasteiger partial charge in [0.2, 0.25) is 0 Å². The third-order valence-corrected chi connectivity index (χ3v) is 1.77. The number of hydrogen-bond donors (Lipinski definition) is 1. The van der Waals surface area contributed by atoms with Crippen LogP contribution in [0.4, 0.5) is 13.2 Å². The van der Waals surface area contributed by atoms with Gasteiger partial charge in [0.05, 0.1) is 6.07 Å². The lowest BCUT2D eigenvalue weighted by molar-refractivity contribution is -0.137. The van der Waals surface area contributed by atoms with E-state index in [1.54, 1.807) is 6.92 Å². The zero-order chi connectivity index (χ0) is 11.9. The van der Waals surface area contributed by atoms with Crippen molar-refractivity contribution in [1.82, 2.24) is 0 Å². The first-order chi connectivity index (χ1) is 6.77. The number of hydrogen-bond acceptors (Lipinski definition) is 3. The van der Waals surface area contributed by atoms with Gasteiger partial charge in [0, 0.05) is 26.1 Å². The number of halogens is 3. The smallest absolute Gasteiger partial charge is 0.381 e. The van der Waals surface area contributed by atoms with Gasteiger partial charge in [-0.2, -0.15) is 18.4 Å². The Balaban J connectivity index is 3.38. The van der Waals surface area contributed by atoms with E-state index in [2.05, 4.69) is 0 Å². The second-order valence-electron chi connectivity index (χ2n) is 3.61. The first-order valence-electron chi connectivity index (χ1n) is 4.61. The molecule has 0 aliphatic heterocycles. The van der Waals surface area contributed by atoms with E-state index < -0.39 is 18.1 Å². The molecule has 0 aromatic rings. The Morgan fingerprint density at radius 3 is 2.33 bits per heavy atom. The molecule has 0 bridgehead atoms. The lowest BCUT2D eigenvalue weighted by atomic mass is 10.0. The van der Waals surface area contributed by atoms with Crippen LogP contribution >= 0.6 is 0 Å². The van der Waals surface area contributed by atoms with E-state index in [1.165, 1.54) is 0 Å². The lowest BCUT2D eigenvalue weighted by Gasteiger charge is -2.14. The van der Waals surface area contributed by atoms with Gasteiger partial charge in [0.25, 0.3) is 0 Å². The van der Waals surface area contributed by atoms with E-state index in [1.807, 2.05) is 6.07 Å². The van der Waals surface area contributed by atoms with E-state index in [-0.39, 0.29) is 19.6 Å². The quantitative estimate of drug-likeness (QED) is 0.702. The van der Waals surface area contributed by atoms with Crippen molar-refractivity contribution in [1.29, 1.82) is 5.26 Å². The van der Waals surface area contributed by atoms with Gasteiger partial charge >= 0.3 is 6.18 Å². The SMILES string of the molecule is CC(N)(C#N)CCOCCCC(F)(F)F. The van der Waals surface area contributed by atoms with Gasteiger partial charge in [0.1, 0.15) is 5.54 Å². The first kappa shape index (κ1) is 14.2.